The van der Waals surface area contributed by atoms with Crippen molar-refractivity contribution in [3.8, 4) is 0 Å². The van der Waals surface area contributed by atoms with Gasteiger partial charge in [0.1, 0.15) is 5.70 Å². The number of carboxylic acids is 1. The van der Waals surface area contributed by atoms with Crippen LogP contribution >= 0.6 is 15.9 Å². The lowest BCUT2D eigenvalue weighted by Gasteiger charge is -2.11. The minimum atomic E-state index is -1.02. The molecule has 2 aromatic carbocycles. The molecule has 0 heterocycles. The van der Waals surface area contributed by atoms with Gasteiger partial charge in [0.05, 0.1) is 6.42 Å². The molecule has 6 nitrogen and oxygen atoms in total. The Morgan fingerprint density at radius 2 is 1.65 bits per heavy atom. The molecule has 7 heteroatoms. The smallest absolute Gasteiger partial charge is 0.305 e. The number of nitrogens with one attached hydrogen (secondary N) is 2. The van der Waals surface area contributed by atoms with Crippen LogP contribution in [0.4, 0.5) is 0 Å². The zero-order valence-electron chi connectivity index (χ0n) is 13.7. The van der Waals surface area contributed by atoms with Gasteiger partial charge in [-0.05, 0) is 35.9 Å². The van der Waals surface area contributed by atoms with E-state index in [9.17, 15) is 14.4 Å². The van der Waals surface area contributed by atoms with Crippen LogP contribution in [0.15, 0.2) is 64.8 Å². The van der Waals surface area contributed by atoms with Crippen molar-refractivity contribution in [2.45, 2.75) is 6.42 Å². The van der Waals surface area contributed by atoms with Gasteiger partial charge in [-0.2, -0.15) is 0 Å². The van der Waals surface area contributed by atoms with Gasteiger partial charge in [0, 0.05) is 16.6 Å². The van der Waals surface area contributed by atoms with E-state index in [-0.39, 0.29) is 18.7 Å². The third-order valence-corrected chi connectivity index (χ3v) is 3.86. The monoisotopic (exact) mass is 416 g/mol. The average Bonchev–Trinajstić information content (AvgIpc) is 2.63. The quantitative estimate of drug-likeness (QED) is 0.604. The maximum absolute atomic E-state index is 12.4. The molecule has 0 aliphatic carbocycles. The summed E-state index contributed by atoms with van der Waals surface area (Å²) in [6, 6.07) is 15.7. The Hall–Kier alpha value is -2.93. The molecular formula is C19H17BrN2O4. The Morgan fingerprint density at radius 1 is 1.00 bits per heavy atom. The van der Waals surface area contributed by atoms with Crippen molar-refractivity contribution >= 4 is 39.8 Å². The molecule has 0 saturated heterocycles. The van der Waals surface area contributed by atoms with E-state index in [0.717, 1.165) is 4.47 Å². The number of carboxylic acid groups (broad SMARTS) is 1. The second kappa shape index (κ2) is 9.53. The van der Waals surface area contributed by atoms with Crippen LogP contribution in [0.5, 0.6) is 0 Å². The Morgan fingerprint density at radius 3 is 2.27 bits per heavy atom. The maximum Gasteiger partial charge on any atom is 0.305 e. The van der Waals surface area contributed by atoms with Gasteiger partial charge in [-0.25, -0.2) is 0 Å². The van der Waals surface area contributed by atoms with Crippen LogP contribution in [0.25, 0.3) is 6.08 Å². The van der Waals surface area contributed by atoms with Gasteiger partial charge in [-0.1, -0.05) is 46.3 Å². The van der Waals surface area contributed by atoms with Gasteiger partial charge in [-0.3, -0.25) is 14.4 Å². The number of hydrogen-bond donors (Lipinski definition) is 3. The Bertz CT molecular complexity index is 817. The molecule has 0 aromatic heterocycles. The van der Waals surface area contributed by atoms with Gasteiger partial charge in [-0.15, -0.1) is 0 Å². The second-order valence-corrected chi connectivity index (χ2v) is 6.25. The van der Waals surface area contributed by atoms with Crippen molar-refractivity contribution in [1.29, 1.82) is 0 Å². The van der Waals surface area contributed by atoms with E-state index in [0.29, 0.717) is 11.1 Å². The molecule has 0 fully saturated rings. The fourth-order valence-corrected chi connectivity index (χ4v) is 2.31. The molecule has 0 atom stereocenters. The van der Waals surface area contributed by atoms with Crippen molar-refractivity contribution in [3.63, 3.8) is 0 Å². The summed E-state index contributed by atoms with van der Waals surface area (Å²) in [5.74, 6) is -2.00. The summed E-state index contributed by atoms with van der Waals surface area (Å²) >= 11 is 3.33. The largest absolute Gasteiger partial charge is 0.481 e. The molecule has 2 rings (SSSR count). The second-order valence-electron chi connectivity index (χ2n) is 5.33. The lowest BCUT2D eigenvalue weighted by molar-refractivity contribution is -0.136. The predicted octanol–water partition coefficient (Wildman–Crippen LogP) is 2.81. The normalized spacial score (nSPS) is 10.9. The fourth-order valence-electron chi connectivity index (χ4n) is 2.05. The minimum absolute atomic E-state index is 0.0339. The lowest BCUT2D eigenvalue weighted by Crippen LogP contribution is -2.35. The van der Waals surface area contributed by atoms with Crippen LogP contribution < -0.4 is 10.6 Å². The molecule has 26 heavy (non-hydrogen) atoms. The first-order valence-corrected chi connectivity index (χ1v) is 8.58. The zero-order valence-corrected chi connectivity index (χ0v) is 15.3. The topological polar surface area (TPSA) is 95.5 Å². The number of rotatable bonds is 7. The predicted molar refractivity (Wildman–Crippen MR) is 101 cm³/mol. The molecular weight excluding hydrogens is 400 g/mol. The fraction of sp³-hybridized carbons (Fsp3) is 0.105. The molecule has 0 saturated carbocycles. The van der Waals surface area contributed by atoms with Crippen LogP contribution in [0.1, 0.15) is 22.3 Å². The Kier molecular flexibility index (Phi) is 7.11. The summed E-state index contributed by atoms with van der Waals surface area (Å²) in [6.45, 7) is -0.0347. The standard InChI is InChI=1S/C19H17BrN2O4/c20-15-8-6-13(7-9-15)12-16(19(26)21-11-10-17(23)24)22-18(25)14-4-2-1-3-5-14/h1-9,12H,10-11H2,(H,21,26)(H,22,25)(H,23,24)/b16-12+. The van der Waals surface area contributed by atoms with E-state index >= 15 is 0 Å². The number of carbonyl (C=O) groups excluding carboxylic acids is 2. The van der Waals surface area contributed by atoms with Crippen molar-refractivity contribution in [2.24, 2.45) is 0 Å². The van der Waals surface area contributed by atoms with Crippen molar-refractivity contribution < 1.29 is 19.5 Å². The average molecular weight is 417 g/mol. The summed E-state index contributed by atoms with van der Waals surface area (Å²) in [5.41, 5.74) is 1.16. The molecule has 2 amide bonds. The number of amides is 2. The number of hydrogen-bond acceptors (Lipinski definition) is 3. The first-order valence-electron chi connectivity index (χ1n) is 7.79. The molecule has 134 valence electrons. The molecule has 0 unspecified atom stereocenters. The molecule has 3 N–H and O–H groups in total. The van der Waals surface area contributed by atoms with E-state index < -0.39 is 17.8 Å². The van der Waals surface area contributed by atoms with E-state index in [1.807, 2.05) is 12.1 Å². The van der Waals surface area contributed by atoms with E-state index in [4.69, 9.17) is 5.11 Å². The highest BCUT2D eigenvalue weighted by Gasteiger charge is 2.14. The van der Waals surface area contributed by atoms with E-state index in [2.05, 4.69) is 26.6 Å². The minimum Gasteiger partial charge on any atom is -0.481 e. The van der Waals surface area contributed by atoms with Crippen molar-refractivity contribution in [1.82, 2.24) is 10.6 Å². The summed E-state index contributed by atoms with van der Waals surface area (Å²) < 4.78 is 0.885. The summed E-state index contributed by atoms with van der Waals surface area (Å²) in [4.78, 5) is 35.3. The highest BCUT2D eigenvalue weighted by atomic mass is 79.9. The van der Waals surface area contributed by atoms with Gasteiger partial charge in [0.25, 0.3) is 11.8 Å². The van der Waals surface area contributed by atoms with Crippen molar-refractivity contribution in [3.05, 3.63) is 75.9 Å². The number of aliphatic carboxylic acids is 1. The highest BCUT2D eigenvalue weighted by molar-refractivity contribution is 9.10. The van der Waals surface area contributed by atoms with Crippen LogP contribution in [0.3, 0.4) is 0 Å². The highest BCUT2D eigenvalue weighted by Crippen LogP contribution is 2.13. The molecule has 2 aromatic rings. The third-order valence-electron chi connectivity index (χ3n) is 3.33. The zero-order chi connectivity index (χ0) is 18.9. The van der Waals surface area contributed by atoms with Crippen LogP contribution in [0, 0.1) is 0 Å². The van der Waals surface area contributed by atoms with E-state index in [1.165, 1.54) is 6.08 Å². The number of carbonyl (C=O) groups is 3. The SMILES string of the molecule is O=C(O)CCNC(=O)/C(=C\c1ccc(Br)cc1)NC(=O)c1ccccc1. The molecule has 0 aliphatic heterocycles. The first kappa shape index (κ1) is 19.4. The Labute approximate surface area is 159 Å². The first-order chi connectivity index (χ1) is 12.5. The van der Waals surface area contributed by atoms with Gasteiger partial charge < -0.3 is 15.7 Å². The molecule has 0 bridgehead atoms. The number of benzene rings is 2. The van der Waals surface area contributed by atoms with Gasteiger partial charge >= 0.3 is 5.97 Å². The molecule has 0 radical (unpaired) electrons. The third kappa shape index (κ3) is 6.18. The van der Waals surface area contributed by atoms with Crippen LogP contribution in [0.2, 0.25) is 0 Å². The van der Waals surface area contributed by atoms with Crippen LogP contribution in [-0.2, 0) is 9.59 Å². The van der Waals surface area contributed by atoms with Gasteiger partial charge in [0.2, 0.25) is 0 Å². The maximum atomic E-state index is 12.4. The summed E-state index contributed by atoms with van der Waals surface area (Å²) in [5, 5.41) is 13.8. The molecule has 0 spiro atoms. The van der Waals surface area contributed by atoms with Gasteiger partial charge in [0.15, 0.2) is 0 Å². The molecule has 0 aliphatic rings. The van der Waals surface area contributed by atoms with E-state index in [1.54, 1.807) is 42.5 Å². The lowest BCUT2D eigenvalue weighted by atomic mass is 10.1. The number of halogens is 1. The van der Waals surface area contributed by atoms with Crippen LogP contribution in [-0.4, -0.2) is 29.4 Å². The summed E-state index contributed by atoms with van der Waals surface area (Å²) in [7, 11) is 0. The Balaban J connectivity index is 2.20. The van der Waals surface area contributed by atoms with Crippen molar-refractivity contribution in [2.75, 3.05) is 6.54 Å². The summed E-state index contributed by atoms with van der Waals surface area (Å²) in [6.07, 6.45) is 1.33.